The summed E-state index contributed by atoms with van der Waals surface area (Å²) in [6.45, 7) is 5.08. The molecule has 0 aliphatic rings. The topological polar surface area (TPSA) is 54.5 Å². The van der Waals surface area contributed by atoms with Gasteiger partial charge in [-0.15, -0.1) is 0 Å². The number of methoxy groups -OCH3 is 1. The average Bonchev–Trinajstić information content (AvgIpc) is 2.60. The SMILES string of the molecule is CCCCN(C)c1ccc(C(=O)Nc2cc(C)ccc2OC)cn1. The molecule has 24 heavy (non-hydrogen) atoms. The first-order valence-corrected chi connectivity index (χ1v) is 8.18. The molecule has 0 saturated heterocycles. The maximum atomic E-state index is 12.4. The molecule has 0 bridgehead atoms. The first-order chi connectivity index (χ1) is 11.5. The molecule has 0 saturated carbocycles. The summed E-state index contributed by atoms with van der Waals surface area (Å²) in [4.78, 5) is 18.9. The van der Waals surface area contributed by atoms with E-state index in [1.54, 1.807) is 19.4 Å². The summed E-state index contributed by atoms with van der Waals surface area (Å²) < 4.78 is 5.29. The highest BCUT2D eigenvalue weighted by molar-refractivity contribution is 6.05. The Labute approximate surface area is 143 Å². The van der Waals surface area contributed by atoms with Gasteiger partial charge >= 0.3 is 0 Å². The van der Waals surface area contributed by atoms with Gasteiger partial charge in [-0.1, -0.05) is 19.4 Å². The molecule has 0 aliphatic heterocycles. The van der Waals surface area contributed by atoms with Crippen molar-refractivity contribution < 1.29 is 9.53 Å². The number of pyridine rings is 1. The number of carbonyl (C=O) groups is 1. The number of nitrogens with zero attached hydrogens (tertiary/aromatic N) is 2. The maximum absolute atomic E-state index is 12.4. The van der Waals surface area contributed by atoms with Crippen LogP contribution in [0.15, 0.2) is 36.5 Å². The van der Waals surface area contributed by atoms with Crippen LogP contribution in [0, 0.1) is 6.92 Å². The van der Waals surface area contributed by atoms with Crippen LogP contribution in [0.1, 0.15) is 35.7 Å². The van der Waals surface area contributed by atoms with E-state index in [1.165, 1.54) is 0 Å². The molecule has 1 heterocycles. The van der Waals surface area contributed by atoms with Gasteiger partial charge in [0, 0.05) is 19.8 Å². The molecule has 1 aromatic heterocycles. The molecular weight excluding hydrogens is 302 g/mol. The van der Waals surface area contributed by atoms with Gasteiger partial charge in [0.1, 0.15) is 11.6 Å². The summed E-state index contributed by atoms with van der Waals surface area (Å²) in [7, 11) is 3.60. The molecule has 1 N–H and O–H groups in total. The highest BCUT2D eigenvalue weighted by atomic mass is 16.5. The quantitative estimate of drug-likeness (QED) is 0.838. The zero-order chi connectivity index (χ0) is 17.5. The van der Waals surface area contributed by atoms with Crippen molar-refractivity contribution in [2.45, 2.75) is 26.7 Å². The molecule has 0 spiro atoms. The maximum Gasteiger partial charge on any atom is 0.257 e. The van der Waals surface area contributed by atoms with Gasteiger partial charge in [-0.25, -0.2) is 4.98 Å². The van der Waals surface area contributed by atoms with Crippen LogP contribution >= 0.6 is 0 Å². The Bertz CT molecular complexity index is 684. The first-order valence-electron chi connectivity index (χ1n) is 8.18. The number of benzene rings is 1. The highest BCUT2D eigenvalue weighted by Crippen LogP contribution is 2.25. The lowest BCUT2D eigenvalue weighted by atomic mass is 10.2. The standard InChI is InChI=1S/C19H25N3O2/c1-5-6-11-22(3)18-10-8-15(13-20-18)19(23)21-16-12-14(2)7-9-17(16)24-4/h7-10,12-13H,5-6,11H2,1-4H3,(H,21,23). The van der Waals surface area contributed by atoms with Crippen molar-refractivity contribution in [1.82, 2.24) is 4.98 Å². The second-order valence-corrected chi connectivity index (χ2v) is 5.84. The molecule has 0 atom stereocenters. The molecule has 2 aromatic rings. The number of unbranched alkanes of at least 4 members (excludes halogenated alkanes) is 1. The van der Waals surface area contributed by atoms with E-state index in [2.05, 4.69) is 22.1 Å². The molecular formula is C19H25N3O2. The van der Waals surface area contributed by atoms with E-state index >= 15 is 0 Å². The van der Waals surface area contributed by atoms with Gasteiger partial charge in [-0.3, -0.25) is 4.79 Å². The number of aromatic nitrogens is 1. The Hall–Kier alpha value is -2.56. The second kappa shape index (κ2) is 8.34. The van der Waals surface area contributed by atoms with Crippen LogP contribution in [0.2, 0.25) is 0 Å². The minimum Gasteiger partial charge on any atom is -0.495 e. The minimum absolute atomic E-state index is 0.200. The van der Waals surface area contributed by atoms with Gasteiger partial charge in [0.25, 0.3) is 5.91 Å². The number of aryl methyl sites for hydroxylation is 1. The molecule has 5 heteroatoms. The van der Waals surface area contributed by atoms with Gasteiger partial charge in [-0.05, 0) is 43.2 Å². The fourth-order valence-corrected chi connectivity index (χ4v) is 2.37. The van der Waals surface area contributed by atoms with Crippen molar-refractivity contribution >= 4 is 17.4 Å². The summed E-state index contributed by atoms with van der Waals surface area (Å²) in [5.74, 6) is 1.31. The van der Waals surface area contributed by atoms with Crippen LogP contribution in [0.3, 0.4) is 0 Å². The van der Waals surface area contributed by atoms with Crippen molar-refractivity contribution in [2.75, 3.05) is 30.9 Å². The molecule has 0 radical (unpaired) electrons. The third kappa shape index (κ3) is 4.47. The first kappa shape index (κ1) is 17.8. The van der Waals surface area contributed by atoms with E-state index in [1.807, 2.05) is 38.2 Å². The lowest BCUT2D eigenvalue weighted by Crippen LogP contribution is -2.20. The Balaban J connectivity index is 2.09. The lowest BCUT2D eigenvalue weighted by molar-refractivity contribution is 0.102. The Morgan fingerprint density at radius 1 is 1.29 bits per heavy atom. The number of carbonyl (C=O) groups excluding carboxylic acids is 1. The second-order valence-electron chi connectivity index (χ2n) is 5.84. The number of ether oxygens (including phenoxy) is 1. The van der Waals surface area contributed by atoms with Crippen LogP contribution < -0.4 is 15.0 Å². The van der Waals surface area contributed by atoms with Gasteiger partial charge in [-0.2, -0.15) is 0 Å². The fourth-order valence-electron chi connectivity index (χ4n) is 2.37. The molecule has 5 nitrogen and oxygen atoms in total. The van der Waals surface area contributed by atoms with Crippen LogP contribution in [-0.4, -0.2) is 31.6 Å². The summed E-state index contributed by atoms with van der Waals surface area (Å²) in [6.07, 6.45) is 3.87. The number of hydrogen-bond acceptors (Lipinski definition) is 4. The van der Waals surface area contributed by atoms with E-state index in [0.29, 0.717) is 17.0 Å². The van der Waals surface area contributed by atoms with Crippen molar-refractivity contribution in [2.24, 2.45) is 0 Å². The van der Waals surface area contributed by atoms with Crippen molar-refractivity contribution in [3.63, 3.8) is 0 Å². The van der Waals surface area contributed by atoms with Gasteiger partial charge < -0.3 is 15.0 Å². The molecule has 0 fully saturated rings. The fraction of sp³-hybridized carbons (Fsp3) is 0.368. The van der Waals surface area contributed by atoms with E-state index in [-0.39, 0.29) is 5.91 Å². The van der Waals surface area contributed by atoms with Gasteiger partial charge in [0.2, 0.25) is 0 Å². The largest absolute Gasteiger partial charge is 0.495 e. The number of amides is 1. The normalized spacial score (nSPS) is 10.3. The Morgan fingerprint density at radius 3 is 2.71 bits per heavy atom. The van der Waals surface area contributed by atoms with Gasteiger partial charge in [0.05, 0.1) is 18.4 Å². The predicted octanol–water partition coefficient (Wildman–Crippen LogP) is 3.89. The monoisotopic (exact) mass is 327 g/mol. The Morgan fingerprint density at radius 2 is 2.08 bits per heavy atom. The van der Waals surface area contributed by atoms with E-state index in [4.69, 9.17) is 4.74 Å². The number of anilines is 2. The summed E-state index contributed by atoms with van der Waals surface area (Å²) in [6, 6.07) is 9.34. The van der Waals surface area contributed by atoms with E-state index in [0.717, 1.165) is 30.8 Å². The number of hydrogen-bond donors (Lipinski definition) is 1. The zero-order valence-electron chi connectivity index (χ0n) is 14.8. The van der Waals surface area contributed by atoms with Crippen LogP contribution in [0.25, 0.3) is 0 Å². The molecule has 1 amide bonds. The van der Waals surface area contributed by atoms with Crippen LogP contribution in [0.5, 0.6) is 5.75 Å². The smallest absolute Gasteiger partial charge is 0.257 e. The lowest BCUT2D eigenvalue weighted by Gasteiger charge is -2.17. The molecule has 128 valence electrons. The molecule has 0 unspecified atom stereocenters. The summed E-state index contributed by atoms with van der Waals surface area (Å²) in [5, 5.41) is 2.88. The van der Waals surface area contributed by atoms with E-state index in [9.17, 15) is 4.79 Å². The summed E-state index contributed by atoms with van der Waals surface area (Å²) in [5.41, 5.74) is 2.23. The van der Waals surface area contributed by atoms with Gasteiger partial charge in [0.15, 0.2) is 0 Å². The van der Waals surface area contributed by atoms with E-state index < -0.39 is 0 Å². The molecule has 0 aliphatic carbocycles. The number of nitrogens with one attached hydrogen (secondary N) is 1. The highest BCUT2D eigenvalue weighted by Gasteiger charge is 2.11. The zero-order valence-corrected chi connectivity index (χ0v) is 14.8. The van der Waals surface area contributed by atoms with Crippen molar-refractivity contribution in [1.29, 1.82) is 0 Å². The molecule has 2 rings (SSSR count). The van der Waals surface area contributed by atoms with Crippen LogP contribution in [-0.2, 0) is 0 Å². The summed E-state index contributed by atoms with van der Waals surface area (Å²) >= 11 is 0. The van der Waals surface area contributed by atoms with Crippen molar-refractivity contribution in [3.8, 4) is 5.75 Å². The van der Waals surface area contributed by atoms with Crippen LogP contribution in [0.4, 0.5) is 11.5 Å². The average molecular weight is 327 g/mol. The third-order valence-corrected chi connectivity index (χ3v) is 3.85. The van der Waals surface area contributed by atoms with Crippen molar-refractivity contribution in [3.05, 3.63) is 47.7 Å². The number of rotatable bonds is 7. The minimum atomic E-state index is -0.200. The molecule has 1 aromatic carbocycles. The Kier molecular flexibility index (Phi) is 6.18. The predicted molar refractivity (Wildman–Crippen MR) is 98.1 cm³/mol. The third-order valence-electron chi connectivity index (χ3n) is 3.85.